The first-order chi connectivity index (χ1) is 14.7. The quantitative estimate of drug-likeness (QED) is 0.419. The van der Waals surface area contributed by atoms with E-state index in [1.165, 1.54) is 43.6 Å². The van der Waals surface area contributed by atoms with Crippen LogP contribution in [-0.2, 0) is 6.42 Å². The monoisotopic (exact) mass is 423 g/mol. The zero-order chi connectivity index (χ0) is 20.8. The summed E-state index contributed by atoms with van der Waals surface area (Å²) in [6.45, 7) is 4.41. The van der Waals surface area contributed by atoms with Crippen LogP contribution in [0.3, 0.4) is 0 Å². The minimum absolute atomic E-state index is 0.560. The highest BCUT2D eigenvalue weighted by Gasteiger charge is 2.20. The van der Waals surface area contributed by atoms with Crippen LogP contribution < -0.4 is 10.1 Å². The molecule has 1 saturated heterocycles. The van der Waals surface area contributed by atoms with Gasteiger partial charge in [0.15, 0.2) is 0 Å². The van der Waals surface area contributed by atoms with Crippen LogP contribution in [0.5, 0.6) is 11.5 Å². The van der Waals surface area contributed by atoms with Gasteiger partial charge in [0.05, 0.1) is 5.69 Å². The molecule has 1 N–H and O–H groups in total. The third-order valence-electron chi connectivity index (χ3n) is 5.72. The highest BCUT2D eigenvalue weighted by molar-refractivity contribution is 6.30. The number of hydrogen-bond acceptors (Lipinski definition) is 3. The van der Waals surface area contributed by atoms with Crippen LogP contribution in [-0.4, -0.2) is 22.6 Å². The minimum Gasteiger partial charge on any atom is -0.457 e. The van der Waals surface area contributed by atoms with Crippen molar-refractivity contribution in [2.45, 2.75) is 51.4 Å². The van der Waals surface area contributed by atoms with Gasteiger partial charge in [0.25, 0.3) is 0 Å². The van der Waals surface area contributed by atoms with Crippen LogP contribution in [0.25, 0.3) is 5.69 Å². The van der Waals surface area contributed by atoms with Gasteiger partial charge < -0.3 is 14.6 Å². The van der Waals surface area contributed by atoms with E-state index < -0.39 is 0 Å². The molecule has 0 saturated carbocycles. The van der Waals surface area contributed by atoms with E-state index in [0.29, 0.717) is 10.9 Å². The summed E-state index contributed by atoms with van der Waals surface area (Å²) in [5.41, 5.74) is 2.38. The maximum atomic E-state index is 5.95. The lowest BCUT2D eigenvalue weighted by Crippen LogP contribution is -2.26. The van der Waals surface area contributed by atoms with Crippen LogP contribution in [0.2, 0.25) is 5.02 Å². The molecule has 2 heterocycles. The second-order valence-electron chi connectivity index (χ2n) is 7.98. The second kappa shape index (κ2) is 10.1. The first kappa shape index (κ1) is 21.0. The molecule has 1 aliphatic heterocycles. The maximum Gasteiger partial charge on any atom is 0.127 e. The van der Waals surface area contributed by atoms with Crippen molar-refractivity contribution in [3.8, 4) is 17.2 Å². The molecule has 4 nitrogen and oxygen atoms in total. The van der Waals surface area contributed by atoms with Crippen LogP contribution in [0.4, 0.5) is 0 Å². The normalized spacial score (nSPS) is 14.7. The summed E-state index contributed by atoms with van der Waals surface area (Å²) in [4.78, 5) is 5.07. The lowest BCUT2D eigenvalue weighted by atomic mass is 9.95. The first-order valence-corrected chi connectivity index (χ1v) is 11.4. The number of hydrogen-bond donors (Lipinski definition) is 1. The molecule has 1 aromatic heterocycles. The van der Waals surface area contributed by atoms with Crippen molar-refractivity contribution < 1.29 is 4.74 Å². The Labute approximate surface area is 184 Å². The SMILES string of the molecule is CCCCCc1nc(C2CCNCC2)cn1-c1ccc(Oc2ccc(Cl)cc2)cc1. The fourth-order valence-corrected chi connectivity index (χ4v) is 4.13. The smallest absolute Gasteiger partial charge is 0.127 e. The summed E-state index contributed by atoms with van der Waals surface area (Å²) in [5, 5.41) is 4.16. The number of benzene rings is 2. The number of nitrogens with zero attached hydrogens (tertiary/aromatic N) is 2. The van der Waals surface area contributed by atoms with Crippen molar-refractivity contribution in [3.05, 3.63) is 71.3 Å². The minimum atomic E-state index is 0.560. The van der Waals surface area contributed by atoms with Gasteiger partial charge in [-0.25, -0.2) is 4.98 Å². The Hall–Kier alpha value is -2.30. The molecule has 5 heteroatoms. The standard InChI is InChI=1S/C25H30ClN3O/c1-2-3-4-5-25-28-24(19-14-16-27-17-15-19)18-29(25)21-8-12-23(13-9-21)30-22-10-6-20(26)7-11-22/h6-13,18-19,27H,2-5,14-17H2,1H3. The molecular weight excluding hydrogens is 394 g/mol. The van der Waals surface area contributed by atoms with Crippen LogP contribution in [0.1, 0.15) is 56.5 Å². The van der Waals surface area contributed by atoms with Crippen molar-refractivity contribution in [1.29, 1.82) is 0 Å². The van der Waals surface area contributed by atoms with Crippen molar-refractivity contribution in [1.82, 2.24) is 14.9 Å². The van der Waals surface area contributed by atoms with E-state index in [1.54, 1.807) is 0 Å². The number of rotatable bonds is 8. The summed E-state index contributed by atoms with van der Waals surface area (Å²) < 4.78 is 8.22. The Morgan fingerprint density at radius 3 is 2.33 bits per heavy atom. The highest BCUT2D eigenvalue weighted by atomic mass is 35.5. The fraction of sp³-hybridized carbons (Fsp3) is 0.400. The topological polar surface area (TPSA) is 39.1 Å². The number of halogens is 1. The molecule has 0 atom stereocenters. The van der Waals surface area contributed by atoms with Gasteiger partial charge in [-0.2, -0.15) is 0 Å². The third-order valence-corrected chi connectivity index (χ3v) is 5.98. The van der Waals surface area contributed by atoms with E-state index in [-0.39, 0.29) is 0 Å². The van der Waals surface area contributed by atoms with E-state index in [9.17, 15) is 0 Å². The third kappa shape index (κ3) is 5.24. The van der Waals surface area contributed by atoms with Gasteiger partial charge in [0.2, 0.25) is 0 Å². The molecule has 0 spiro atoms. The van der Waals surface area contributed by atoms with E-state index in [2.05, 4.69) is 35.1 Å². The molecule has 0 radical (unpaired) electrons. The van der Waals surface area contributed by atoms with E-state index in [0.717, 1.165) is 36.7 Å². The van der Waals surface area contributed by atoms with E-state index in [1.807, 2.05) is 36.4 Å². The fourth-order valence-electron chi connectivity index (χ4n) is 4.00. The van der Waals surface area contributed by atoms with E-state index >= 15 is 0 Å². The van der Waals surface area contributed by atoms with Crippen molar-refractivity contribution in [2.75, 3.05) is 13.1 Å². The highest BCUT2D eigenvalue weighted by Crippen LogP contribution is 2.28. The summed E-state index contributed by atoms with van der Waals surface area (Å²) in [7, 11) is 0. The number of nitrogens with one attached hydrogen (secondary N) is 1. The van der Waals surface area contributed by atoms with Crippen LogP contribution in [0, 0.1) is 0 Å². The summed E-state index contributed by atoms with van der Waals surface area (Å²) in [5.74, 6) is 3.32. The van der Waals surface area contributed by atoms with Gasteiger partial charge in [-0.3, -0.25) is 0 Å². The van der Waals surface area contributed by atoms with Gasteiger partial charge in [-0.15, -0.1) is 0 Å². The average molecular weight is 424 g/mol. The number of ether oxygens (including phenoxy) is 1. The number of unbranched alkanes of at least 4 members (excludes halogenated alkanes) is 2. The Morgan fingerprint density at radius 2 is 1.67 bits per heavy atom. The Balaban J connectivity index is 1.54. The van der Waals surface area contributed by atoms with Crippen molar-refractivity contribution >= 4 is 11.6 Å². The predicted molar refractivity (Wildman–Crippen MR) is 123 cm³/mol. The molecule has 0 amide bonds. The predicted octanol–water partition coefficient (Wildman–Crippen LogP) is 6.52. The summed E-state index contributed by atoms with van der Waals surface area (Å²) in [6.07, 6.45) is 9.24. The lowest BCUT2D eigenvalue weighted by Gasteiger charge is -2.20. The summed E-state index contributed by atoms with van der Waals surface area (Å²) in [6, 6.07) is 15.7. The zero-order valence-electron chi connectivity index (χ0n) is 17.6. The Kier molecular flexibility index (Phi) is 7.08. The number of piperidine rings is 1. The molecule has 1 aliphatic rings. The Bertz CT molecular complexity index is 928. The van der Waals surface area contributed by atoms with Crippen LogP contribution in [0.15, 0.2) is 54.7 Å². The largest absolute Gasteiger partial charge is 0.457 e. The lowest BCUT2D eigenvalue weighted by molar-refractivity contribution is 0.454. The zero-order valence-corrected chi connectivity index (χ0v) is 18.4. The molecule has 30 heavy (non-hydrogen) atoms. The number of imidazole rings is 1. The van der Waals surface area contributed by atoms with Gasteiger partial charge in [0, 0.05) is 29.2 Å². The molecule has 1 fully saturated rings. The van der Waals surface area contributed by atoms with Crippen LogP contribution >= 0.6 is 11.6 Å². The number of aryl methyl sites for hydroxylation is 1. The molecule has 158 valence electrons. The number of aromatic nitrogens is 2. The van der Waals surface area contributed by atoms with Gasteiger partial charge in [-0.1, -0.05) is 31.4 Å². The first-order valence-electron chi connectivity index (χ1n) is 11.1. The van der Waals surface area contributed by atoms with Crippen molar-refractivity contribution in [2.24, 2.45) is 0 Å². The molecular formula is C25H30ClN3O. The van der Waals surface area contributed by atoms with Gasteiger partial charge >= 0.3 is 0 Å². The molecule has 4 rings (SSSR count). The molecule has 3 aromatic rings. The van der Waals surface area contributed by atoms with Crippen molar-refractivity contribution in [3.63, 3.8) is 0 Å². The molecule has 0 unspecified atom stereocenters. The van der Waals surface area contributed by atoms with Gasteiger partial charge in [0.1, 0.15) is 17.3 Å². The average Bonchev–Trinajstić information content (AvgIpc) is 3.21. The summed E-state index contributed by atoms with van der Waals surface area (Å²) >= 11 is 5.95. The van der Waals surface area contributed by atoms with Gasteiger partial charge in [-0.05, 0) is 80.9 Å². The maximum absolute atomic E-state index is 5.95. The molecule has 2 aromatic carbocycles. The molecule has 0 bridgehead atoms. The second-order valence-corrected chi connectivity index (χ2v) is 8.42. The van der Waals surface area contributed by atoms with E-state index in [4.69, 9.17) is 21.3 Å². The molecule has 0 aliphatic carbocycles. The Morgan fingerprint density at radius 1 is 1.00 bits per heavy atom.